The topological polar surface area (TPSA) is 51.2 Å². The van der Waals surface area contributed by atoms with Crippen molar-refractivity contribution in [2.45, 2.75) is 6.92 Å². The largest absolute Gasteiger partial charge is 0.483 e. The fourth-order valence-corrected chi connectivity index (χ4v) is 3.38. The maximum absolute atomic E-state index is 12.1. The summed E-state index contributed by atoms with van der Waals surface area (Å²) in [5.74, 6) is 0.375. The molecular formula is C18H14BrClN2O2S. The van der Waals surface area contributed by atoms with Crippen LogP contribution in [0.4, 0.5) is 5.13 Å². The van der Waals surface area contributed by atoms with E-state index in [4.69, 9.17) is 16.3 Å². The molecule has 0 radical (unpaired) electrons. The molecule has 0 aliphatic heterocycles. The molecule has 1 aromatic heterocycles. The fraction of sp³-hybridized carbons (Fsp3) is 0.111. The molecule has 7 heteroatoms. The van der Waals surface area contributed by atoms with Crippen molar-refractivity contribution in [1.82, 2.24) is 4.98 Å². The van der Waals surface area contributed by atoms with Crippen LogP contribution in [-0.4, -0.2) is 17.5 Å². The van der Waals surface area contributed by atoms with Crippen molar-refractivity contribution in [3.05, 3.63) is 62.9 Å². The first-order valence-electron chi connectivity index (χ1n) is 7.41. The Morgan fingerprint density at radius 2 is 2.04 bits per heavy atom. The van der Waals surface area contributed by atoms with Gasteiger partial charge in [0.25, 0.3) is 5.91 Å². The van der Waals surface area contributed by atoms with Crippen molar-refractivity contribution in [2.75, 3.05) is 11.9 Å². The SMILES string of the molecule is Cc1cc(Cl)ccc1OCC(=O)Nc1nc(-c2ccc(Br)cc2)cs1. The Bertz CT molecular complexity index is 896. The average Bonchev–Trinajstić information content (AvgIpc) is 3.03. The number of nitrogens with zero attached hydrogens (tertiary/aromatic N) is 1. The van der Waals surface area contributed by atoms with Gasteiger partial charge >= 0.3 is 0 Å². The van der Waals surface area contributed by atoms with Crippen LogP contribution in [0, 0.1) is 6.92 Å². The second-order valence-electron chi connectivity index (χ2n) is 5.29. The minimum Gasteiger partial charge on any atom is -0.483 e. The third-order valence-corrected chi connectivity index (χ3v) is 4.91. The molecule has 0 bridgehead atoms. The number of nitrogens with one attached hydrogen (secondary N) is 1. The molecule has 3 rings (SSSR count). The van der Waals surface area contributed by atoms with Gasteiger partial charge in [-0.05, 0) is 42.8 Å². The highest BCUT2D eigenvalue weighted by molar-refractivity contribution is 9.10. The van der Waals surface area contributed by atoms with Gasteiger partial charge in [0.2, 0.25) is 0 Å². The Morgan fingerprint density at radius 3 is 2.76 bits per heavy atom. The van der Waals surface area contributed by atoms with E-state index in [0.29, 0.717) is 15.9 Å². The van der Waals surface area contributed by atoms with E-state index in [-0.39, 0.29) is 12.5 Å². The molecule has 128 valence electrons. The van der Waals surface area contributed by atoms with Crippen LogP contribution in [0.25, 0.3) is 11.3 Å². The minimum atomic E-state index is -0.258. The Balaban J connectivity index is 1.59. The second kappa shape index (κ2) is 7.99. The molecule has 0 atom stereocenters. The number of anilines is 1. The first-order chi connectivity index (χ1) is 12.0. The van der Waals surface area contributed by atoms with Crippen molar-refractivity contribution in [1.29, 1.82) is 0 Å². The number of hydrogen-bond donors (Lipinski definition) is 1. The maximum Gasteiger partial charge on any atom is 0.264 e. The summed E-state index contributed by atoms with van der Waals surface area (Å²) in [6.45, 7) is 1.79. The van der Waals surface area contributed by atoms with Gasteiger partial charge in [-0.3, -0.25) is 10.1 Å². The van der Waals surface area contributed by atoms with Gasteiger partial charge < -0.3 is 4.74 Å². The molecule has 25 heavy (non-hydrogen) atoms. The van der Waals surface area contributed by atoms with Crippen molar-refractivity contribution >= 4 is 49.9 Å². The molecule has 1 heterocycles. The molecule has 0 fully saturated rings. The van der Waals surface area contributed by atoms with Crippen molar-refractivity contribution in [2.24, 2.45) is 0 Å². The summed E-state index contributed by atoms with van der Waals surface area (Å²) in [5, 5.41) is 5.84. The lowest BCUT2D eigenvalue weighted by Gasteiger charge is -2.08. The molecule has 1 amide bonds. The molecule has 1 N–H and O–H groups in total. The van der Waals surface area contributed by atoms with Crippen LogP contribution < -0.4 is 10.1 Å². The molecule has 0 aliphatic carbocycles. The van der Waals surface area contributed by atoms with Gasteiger partial charge in [-0.15, -0.1) is 11.3 Å². The summed E-state index contributed by atoms with van der Waals surface area (Å²) in [6.07, 6.45) is 0. The summed E-state index contributed by atoms with van der Waals surface area (Å²) in [6, 6.07) is 13.1. The van der Waals surface area contributed by atoms with Crippen LogP contribution in [-0.2, 0) is 4.79 Å². The van der Waals surface area contributed by atoms with Gasteiger partial charge in [0.05, 0.1) is 5.69 Å². The second-order valence-corrected chi connectivity index (χ2v) is 7.50. The maximum atomic E-state index is 12.1. The monoisotopic (exact) mass is 436 g/mol. The lowest BCUT2D eigenvalue weighted by Crippen LogP contribution is -2.20. The number of halogens is 2. The van der Waals surface area contributed by atoms with Crippen molar-refractivity contribution in [3.63, 3.8) is 0 Å². The van der Waals surface area contributed by atoms with Gasteiger partial charge in [0.15, 0.2) is 11.7 Å². The Hall–Kier alpha value is -1.89. The van der Waals surface area contributed by atoms with Crippen LogP contribution in [0.2, 0.25) is 5.02 Å². The van der Waals surface area contributed by atoms with Crippen LogP contribution in [0.1, 0.15) is 5.56 Å². The number of amides is 1. The Kier molecular flexibility index (Phi) is 5.73. The van der Waals surface area contributed by atoms with E-state index in [1.807, 2.05) is 36.6 Å². The van der Waals surface area contributed by atoms with Crippen molar-refractivity contribution < 1.29 is 9.53 Å². The van der Waals surface area contributed by atoms with E-state index in [1.165, 1.54) is 11.3 Å². The quantitative estimate of drug-likeness (QED) is 0.569. The lowest BCUT2D eigenvalue weighted by molar-refractivity contribution is -0.118. The third-order valence-electron chi connectivity index (χ3n) is 3.39. The highest BCUT2D eigenvalue weighted by Gasteiger charge is 2.10. The predicted octanol–water partition coefficient (Wildman–Crippen LogP) is 5.55. The van der Waals surface area contributed by atoms with Gasteiger partial charge in [-0.2, -0.15) is 0 Å². The first-order valence-corrected chi connectivity index (χ1v) is 9.46. The van der Waals surface area contributed by atoms with Gasteiger partial charge in [-0.25, -0.2) is 4.98 Å². The Labute approximate surface area is 162 Å². The number of hydrogen-bond acceptors (Lipinski definition) is 4. The summed E-state index contributed by atoms with van der Waals surface area (Å²) in [7, 11) is 0. The van der Waals surface area contributed by atoms with Gasteiger partial charge in [0, 0.05) is 20.4 Å². The number of benzene rings is 2. The number of carbonyl (C=O) groups excluding carboxylic acids is 1. The molecule has 0 saturated heterocycles. The summed E-state index contributed by atoms with van der Waals surface area (Å²) < 4.78 is 6.54. The van der Waals surface area contributed by atoms with E-state index in [0.717, 1.165) is 21.3 Å². The highest BCUT2D eigenvalue weighted by atomic mass is 79.9. The number of aryl methyl sites for hydroxylation is 1. The van der Waals surface area contributed by atoms with Gasteiger partial charge in [0.1, 0.15) is 5.75 Å². The number of ether oxygens (including phenoxy) is 1. The average molecular weight is 438 g/mol. The fourth-order valence-electron chi connectivity index (χ4n) is 2.16. The number of carbonyl (C=O) groups is 1. The van der Waals surface area contributed by atoms with E-state index >= 15 is 0 Å². The number of rotatable bonds is 5. The summed E-state index contributed by atoms with van der Waals surface area (Å²) in [4.78, 5) is 16.5. The Morgan fingerprint density at radius 1 is 1.28 bits per heavy atom. The minimum absolute atomic E-state index is 0.0876. The summed E-state index contributed by atoms with van der Waals surface area (Å²) >= 11 is 10.7. The van der Waals surface area contributed by atoms with Crippen LogP contribution in [0.5, 0.6) is 5.75 Å². The van der Waals surface area contributed by atoms with E-state index in [9.17, 15) is 4.79 Å². The molecule has 3 aromatic rings. The lowest BCUT2D eigenvalue weighted by atomic mass is 10.2. The molecule has 0 unspecified atom stereocenters. The highest BCUT2D eigenvalue weighted by Crippen LogP contribution is 2.26. The standard InChI is InChI=1S/C18H14BrClN2O2S/c1-11-8-14(20)6-7-16(11)24-9-17(23)22-18-21-15(10-25-18)12-2-4-13(19)5-3-12/h2-8,10H,9H2,1H3,(H,21,22,23). The van der Waals surface area contributed by atoms with E-state index in [2.05, 4.69) is 26.2 Å². The number of aromatic nitrogens is 1. The van der Waals surface area contributed by atoms with Crippen LogP contribution >= 0.6 is 38.9 Å². The van der Waals surface area contributed by atoms with Crippen LogP contribution in [0.15, 0.2) is 52.3 Å². The van der Waals surface area contributed by atoms with Gasteiger partial charge in [-0.1, -0.05) is 39.7 Å². The molecule has 0 aliphatic rings. The molecule has 0 saturated carbocycles. The predicted molar refractivity (Wildman–Crippen MR) is 106 cm³/mol. The molecule has 4 nitrogen and oxygen atoms in total. The van der Waals surface area contributed by atoms with E-state index in [1.54, 1.807) is 18.2 Å². The zero-order chi connectivity index (χ0) is 17.8. The molecule has 0 spiro atoms. The van der Waals surface area contributed by atoms with E-state index < -0.39 is 0 Å². The smallest absolute Gasteiger partial charge is 0.264 e. The summed E-state index contributed by atoms with van der Waals surface area (Å²) in [5.41, 5.74) is 2.70. The zero-order valence-corrected chi connectivity index (χ0v) is 16.4. The third kappa shape index (κ3) is 4.81. The molecular weight excluding hydrogens is 424 g/mol. The number of thiazole rings is 1. The normalized spacial score (nSPS) is 10.5. The first kappa shape index (κ1) is 17.9. The van der Waals surface area contributed by atoms with Crippen LogP contribution in [0.3, 0.4) is 0 Å². The zero-order valence-electron chi connectivity index (χ0n) is 13.3. The molecule has 2 aromatic carbocycles. The van der Waals surface area contributed by atoms with Crippen molar-refractivity contribution in [3.8, 4) is 17.0 Å².